The van der Waals surface area contributed by atoms with Crippen LogP contribution in [0.1, 0.15) is 25.3 Å². The van der Waals surface area contributed by atoms with Gasteiger partial charge in [-0.15, -0.1) is 4.72 Å². The molecular formula is C16H24N2O3S. The van der Waals surface area contributed by atoms with Crippen molar-refractivity contribution in [1.82, 2.24) is 9.62 Å². The van der Waals surface area contributed by atoms with Crippen molar-refractivity contribution in [3.63, 3.8) is 0 Å². The first-order valence-corrected chi connectivity index (χ1v) is 9.58. The fourth-order valence-corrected chi connectivity index (χ4v) is 5.15. The third-order valence-electron chi connectivity index (χ3n) is 4.62. The van der Waals surface area contributed by atoms with Gasteiger partial charge in [-0.05, 0) is 31.9 Å². The molecule has 6 heteroatoms. The van der Waals surface area contributed by atoms with E-state index in [-0.39, 0.29) is 17.8 Å². The van der Waals surface area contributed by atoms with E-state index >= 15 is 0 Å². The van der Waals surface area contributed by atoms with E-state index in [2.05, 4.69) is 16.5 Å². The van der Waals surface area contributed by atoms with Crippen molar-refractivity contribution in [3.05, 3.63) is 35.9 Å². The van der Waals surface area contributed by atoms with Crippen molar-refractivity contribution in [2.24, 2.45) is 0 Å². The maximum absolute atomic E-state index is 12.0. The Morgan fingerprint density at radius 3 is 2.86 bits per heavy atom. The van der Waals surface area contributed by atoms with Crippen LogP contribution in [0.4, 0.5) is 0 Å². The maximum atomic E-state index is 12.0. The van der Waals surface area contributed by atoms with Crippen LogP contribution in [0.3, 0.4) is 0 Å². The van der Waals surface area contributed by atoms with E-state index < -0.39 is 10.4 Å². The number of nitrogens with one attached hydrogen (secondary N) is 1. The number of benzene rings is 1. The number of hydrogen-bond acceptors (Lipinski definition) is 4. The number of sulfonamides is 1. The van der Waals surface area contributed by atoms with Crippen LogP contribution in [-0.2, 0) is 26.0 Å². The summed E-state index contributed by atoms with van der Waals surface area (Å²) in [4.78, 5) is 2.33. The quantitative estimate of drug-likeness (QED) is 0.835. The second-order valence-electron chi connectivity index (χ2n) is 6.30. The van der Waals surface area contributed by atoms with Gasteiger partial charge in [0.25, 0.3) is 0 Å². The fraction of sp³-hybridized carbons (Fsp3) is 0.625. The number of hydrogen-bond donors (Lipinski definition) is 1. The van der Waals surface area contributed by atoms with Crippen LogP contribution >= 0.6 is 0 Å². The average Bonchev–Trinajstić information content (AvgIpc) is 3.03. The minimum Gasteiger partial charge on any atom is -0.598 e. The summed E-state index contributed by atoms with van der Waals surface area (Å²) < 4.78 is 32.4. The molecule has 122 valence electrons. The van der Waals surface area contributed by atoms with Gasteiger partial charge in [0.15, 0.2) is 0 Å². The number of likely N-dealkylation sites (tertiary alicyclic amines) is 1. The van der Waals surface area contributed by atoms with Gasteiger partial charge in [0, 0.05) is 6.04 Å². The van der Waals surface area contributed by atoms with Gasteiger partial charge in [-0.1, -0.05) is 34.5 Å². The highest BCUT2D eigenvalue weighted by Crippen LogP contribution is 2.27. The van der Waals surface area contributed by atoms with Crippen LogP contribution in [0, 0.1) is 0 Å². The molecule has 0 aliphatic carbocycles. The van der Waals surface area contributed by atoms with Crippen molar-refractivity contribution in [1.29, 1.82) is 0 Å². The lowest BCUT2D eigenvalue weighted by molar-refractivity contribution is 0.0742. The number of rotatable bonds is 5. The molecule has 3 rings (SSSR count). The monoisotopic (exact) mass is 324 g/mol. The van der Waals surface area contributed by atoms with Gasteiger partial charge in [0.2, 0.25) is 0 Å². The lowest BCUT2D eigenvalue weighted by Crippen LogP contribution is -2.48. The van der Waals surface area contributed by atoms with E-state index in [1.807, 2.05) is 30.3 Å². The molecule has 2 heterocycles. The Morgan fingerprint density at radius 2 is 2.18 bits per heavy atom. The Kier molecular flexibility index (Phi) is 4.94. The van der Waals surface area contributed by atoms with Crippen molar-refractivity contribution in [2.75, 3.05) is 18.9 Å². The highest BCUT2D eigenvalue weighted by atomic mass is 32.3. The standard InChI is InChI=1S/C16H24N2O3S/c1-13-6-5-9-18(13)16-12-22(19,20)17-15(16)11-21-10-14-7-3-2-4-8-14/h2-4,7-8,13,15-16H,5-6,9-12H2,1H3,(H-,17,19,20)/t13-,15+,16+/m1/s1. The highest BCUT2D eigenvalue weighted by molar-refractivity contribution is 7.96. The predicted octanol–water partition coefficient (Wildman–Crippen LogP) is 1.57. The summed E-state index contributed by atoms with van der Waals surface area (Å²) in [5.74, 6) is 0.191. The molecule has 2 saturated heterocycles. The Labute approximate surface area is 133 Å². The molecule has 2 fully saturated rings. The molecule has 0 aromatic heterocycles. The Morgan fingerprint density at radius 1 is 1.41 bits per heavy atom. The zero-order chi connectivity index (χ0) is 15.6. The summed E-state index contributed by atoms with van der Waals surface area (Å²) >= 11 is 0. The first-order valence-electron chi connectivity index (χ1n) is 7.92. The SMILES string of the molecule is C[C@@H]1CCCN1[C@H]1C[S+](=O)([O-])N[C@H]1COCc1ccccc1. The lowest BCUT2D eigenvalue weighted by atomic mass is 10.1. The molecule has 2 aliphatic rings. The summed E-state index contributed by atoms with van der Waals surface area (Å²) in [6.45, 7) is 4.10. The first-order chi connectivity index (χ1) is 10.6. The van der Waals surface area contributed by atoms with E-state index in [1.165, 1.54) is 0 Å². The van der Waals surface area contributed by atoms with Gasteiger partial charge in [-0.2, -0.15) is 0 Å². The summed E-state index contributed by atoms with van der Waals surface area (Å²) in [6.07, 6.45) is 2.30. The lowest BCUT2D eigenvalue weighted by Gasteiger charge is -2.29. The molecule has 22 heavy (non-hydrogen) atoms. The van der Waals surface area contributed by atoms with Gasteiger partial charge in [0.05, 0.1) is 25.3 Å². The van der Waals surface area contributed by atoms with Crippen LogP contribution in [-0.4, -0.2) is 46.5 Å². The van der Waals surface area contributed by atoms with Crippen LogP contribution in [0.2, 0.25) is 0 Å². The van der Waals surface area contributed by atoms with Crippen molar-refractivity contribution in [3.8, 4) is 0 Å². The second-order valence-corrected chi connectivity index (χ2v) is 8.10. The Bertz CT molecular complexity index is 539. The molecule has 0 radical (unpaired) electrons. The van der Waals surface area contributed by atoms with E-state index in [4.69, 9.17) is 4.74 Å². The predicted molar refractivity (Wildman–Crippen MR) is 85.9 cm³/mol. The fourth-order valence-electron chi connectivity index (χ4n) is 3.50. The molecule has 5 nitrogen and oxygen atoms in total. The third-order valence-corrected chi connectivity index (χ3v) is 6.07. The van der Waals surface area contributed by atoms with Crippen molar-refractivity contribution < 1.29 is 13.5 Å². The molecule has 1 unspecified atom stereocenters. The summed E-state index contributed by atoms with van der Waals surface area (Å²) in [6, 6.07) is 10.3. The van der Waals surface area contributed by atoms with Crippen molar-refractivity contribution in [2.45, 2.75) is 44.5 Å². The van der Waals surface area contributed by atoms with Gasteiger partial charge in [-0.3, -0.25) is 4.90 Å². The van der Waals surface area contributed by atoms with Crippen LogP contribution in [0.25, 0.3) is 0 Å². The molecule has 1 aromatic rings. The van der Waals surface area contributed by atoms with E-state index in [0.29, 0.717) is 19.3 Å². The van der Waals surface area contributed by atoms with Crippen LogP contribution in [0.15, 0.2) is 30.3 Å². The normalized spacial score (nSPS) is 36.0. The molecule has 1 aromatic carbocycles. The van der Waals surface area contributed by atoms with Gasteiger partial charge >= 0.3 is 0 Å². The summed E-state index contributed by atoms with van der Waals surface area (Å²) in [5, 5.41) is 0. The topological polar surface area (TPSA) is 64.6 Å². The first kappa shape index (κ1) is 16.1. The van der Waals surface area contributed by atoms with Crippen LogP contribution in [0.5, 0.6) is 0 Å². The second kappa shape index (κ2) is 6.76. The summed E-state index contributed by atoms with van der Waals surface area (Å²) in [5.41, 5.74) is 1.11. The number of ether oxygens (including phenoxy) is 1. The van der Waals surface area contributed by atoms with Gasteiger partial charge < -0.3 is 9.29 Å². The van der Waals surface area contributed by atoms with Crippen LogP contribution < -0.4 is 4.72 Å². The Hall–Kier alpha value is -0.790. The number of nitrogens with zero attached hydrogens (tertiary/aromatic N) is 1. The molecule has 2 aliphatic heterocycles. The zero-order valence-corrected chi connectivity index (χ0v) is 13.8. The van der Waals surface area contributed by atoms with E-state index in [1.54, 1.807) is 0 Å². The van der Waals surface area contributed by atoms with Gasteiger partial charge in [0.1, 0.15) is 16.2 Å². The van der Waals surface area contributed by atoms with E-state index in [9.17, 15) is 8.76 Å². The minimum atomic E-state index is -3.17. The molecule has 0 saturated carbocycles. The molecule has 0 amide bonds. The highest BCUT2D eigenvalue weighted by Gasteiger charge is 2.46. The summed E-state index contributed by atoms with van der Waals surface area (Å²) in [7, 11) is -3.17. The molecule has 0 spiro atoms. The molecule has 0 bridgehead atoms. The third kappa shape index (κ3) is 3.75. The van der Waals surface area contributed by atoms with Crippen molar-refractivity contribution >= 4 is 10.4 Å². The largest absolute Gasteiger partial charge is 0.598 e. The molecular weight excluding hydrogens is 300 g/mol. The average molecular weight is 324 g/mol. The van der Waals surface area contributed by atoms with Gasteiger partial charge in [-0.25, -0.2) is 0 Å². The Balaban J connectivity index is 1.59. The molecule has 1 N–H and O–H groups in total. The smallest absolute Gasteiger partial charge is 0.144 e. The molecule has 4 atom stereocenters. The van der Waals surface area contributed by atoms with E-state index in [0.717, 1.165) is 24.9 Å². The maximum Gasteiger partial charge on any atom is 0.144 e. The zero-order valence-electron chi connectivity index (χ0n) is 12.9. The minimum absolute atomic E-state index is 0.0262.